The van der Waals surface area contributed by atoms with E-state index in [-0.39, 0.29) is 61.0 Å². The molecule has 3 N–H and O–H groups in total. The van der Waals surface area contributed by atoms with Crippen LogP contribution >= 0.6 is 7.60 Å². The Morgan fingerprint density at radius 2 is 1.65 bits per heavy atom. The molecule has 12 atom stereocenters. The minimum atomic E-state index is -4.30. The summed E-state index contributed by atoms with van der Waals surface area (Å²) in [6.07, 6.45) is 3.63. The molecular formula is C48H80N5O11P. The fourth-order valence-electron chi connectivity index (χ4n) is 9.99. The van der Waals surface area contributed by atoms with Crippen LogP contribution in [0.5, 0.6) is 0 Å². The maximum atomic E-state index is 14.6. The number of piperidine rings is 1. The molecule has 5 amide bonds. The van der Waals surface area contributed by atoms with Crippen LogP contribution in [0.4, 0.5) is 4.79 Å². The van der Waals surface area contributed by atoms with Gasteiger partial charge in [0.25, 0.3) is 0 Å². The van der Waals surface area contributed by atoms with Crippen molar-refractivity contribution in [3.63, 3.8) is 0 Å². The highest BCUT2D eigenvalue weighted by Crippen LogP contribution is 2.48. The van der Waals surface area contributed by atoms with E-state index < -0.39 is 73.3 Å². The van der Waals surface area contributed by atoms with Gasteiger partial charge in [0, 0.05) is 40.3 Å². The first-order valence-electron chi connectivity index (χ1n) is 23.8. The van der Waals surface area contributed by atoms with Gasteiger partial charge in [0.05, 0.1) is 43.2 Å². The Morgan fingerprint density at radius 1 is 0.969 bits per heavy atom. The lowest BCUT2D eigenvalue weighted by Gasteiger charge is -2.41. The molecule has 16 nitrogen and oxygen atoms in total. The monoisotopic (exact) mass is 934 g/mol. The van der Waals surface area contributed by atoms with Gasteiger partial charge in [-0.2, -0.15) is 0 Å². The topological polar surface area (TPSA) is 193 Å². The van der Waals surface area contributed by atoms with Crippen LogP contribution in [-0.2, 0) is 48.9 Å². The minimum absolute atomic E-state index is 0.0277. The molecule has 17 heteroatoms. The molecule has 2 aliphatic heterocycles. The molecule has 2 saturated heterocycles. The molecule has 0 aromatic heterocycles. The molecule has 4 rings (SSSR count). The molecule has 1 aromatic rings. The summed E-state index contributed by atoms with van der Waals surface area (Å²) >= 11 is 0. The van der Waals surface area contributed by atoms with Gasteiger partial charge in [0.15, 0.2) is 0 Å². The maximum Gasteiger partial charge on any atom is 0.411 e. The van der Waals surface area contributed by atoms with Crippen molar-refractivity contribution < 1.29 is 52.2 Å². The molecule has 4 unspecified atom stereocenters. The van der Waals surface area contributed by atoms with Crippen LogP contribution in [0.1, 0.15) is 126 Å². The molecule has 3 fully saturated rings. The number of hydrogen-bond donors (Lipinski definition) is 3. The van der Waals surface area contributed by atoms with Crippen molar-refractivity contribution in [3.8, 4) is 0 Å². The van der Waals surface area contributed by atoms with Gasteiger partial charge >= 0.3 is 13.7 Å². The van der Waals surface area contributed by atoms with Crippen molar-refractivity contribution >= 4 is 37.3 Å². The van der Waals surface area contributed by atoms with Gasteiger partial charge in [-0.1, -0.05) is 84.7 Å². The number of nitrogens with zero attached hydrogens (tertiary/aromatic N) is 3. The molecule has 1 saturated carbocycles. The summed E-state index contributed by atoms with van der Waals surface area (Å²) < 4.78 is 36.8. The second-order valence-corrected chi connectivity index (χ2v) is 21.9. The standard InChI is InChI=1S/C48H80N5O11P/c1-13-15-26-63-65(59,60)38(27-33-20-17-16-18-21-33)49-44(55)32(6)43(62-12)36-22-19-25-52(36)39(54)29-37(61-11)41(31(5)14-2)51(10)46(57)40(30(3)4)50-45(56)42-34-23-24-35(28-34)53(42)47(58)64-48(7,8)9/h16-18,20-21,30-32,34-38,40-43H,13-15,19,22-29H2,1-12H3,(H,49,55)(H,50,56)(H,59,60)/t31-,32+,34?,35?,36-,37-,38+,40-,41-,42?,43+/m0/s1. The van der Waals surface area contributed by atoms with E-state index in [1.54, 1.807) is 49.4 Å². The largest absolute Gasteiger partial charge is 0.444 e. The number of amides is 5. The van der Waals surface area contributed by atoms with Gasteiger partial charge in [0.1, 0.15) is 23.5 Å². The highest BCUT2D eigenvalue weighted by Gasteiger charge is 2.53. The van der Waals surface area contributed by atoms with Crippen molar-refractivity contribution in [2.75, 3.05) is 34.4 Å². The van der Waals surface area contributed by atoms with E-state index >= 15 is 0 Å². The fraction of sp³-hybridized carbons (Fsp3) is 0.771. The number of methoxy groups -OCH3 is 2. The minimum Gasteiger partial charge on any atom is -0.444 e. The van der Waals surface area contributed by atoms with E-state index in [0.717, 1.165) is 24.8 Å². The Bertz CT molecular complexity index is 1800. The van der Waals surface area contributed by atoms with Crippen molar-refractivity contribution in [2.45, 2.75) is 180 Å². The third kappa shape index (κ3) is 13.8. The van der Waals surface area contributed by atoms with Crippen molar-refractivity contribution in [3.05, 3.63) is 35.9 Å². The molecule has 3 aliphatic rings. The quantitative estimate of drug-likeness (QED) is 0.0799. The summed E-state index contributed by atoms with van der Waals surface area (Å²) in [5.41, 5.74) is 0.0301. The number of likely N-dealkylation sites (tertiary alicyclic amines) is 2. The molecule has 0 spiro atoms. The summed E-state index contributed by atoms with van der Waals surface area (Å²) in [7, 11) is 0.411. The molecule has 1 aromatic carbocycles. The first kappa shape index (κ1) is 54.0. The average Bonchev–Trinajstić information content (AvgIpc) is 4.02. The van der Waals surface area contributed by atoms with Crippen LogP contribution in [-0.4, -0.2) is 138 Å². The van der Waals surface area contributed by atoms with Crippen LogP contribution < -0.4 is 10.6 Å². The molecule has 0 radical (unpaired) electrons. The number of unbranched alkanes of at least 4 members (excludes halogenated alkanes) is 1. The molecule has 1 aliphatic carbocycles. The number of carbonyl (C=O) groups is 5. The summed E-state index contributed by atoms with van der Waals surface area (Å²) in [6.45, 7) is 17.3. The Balaban J connectivity index is 1.50. The highest BCUT2D eigenvalue weighted by atomic mass is 31.2. The zero-order valence-corrected chi connectivity index (χ0v) is 42.0. The Labute approximate surface area is 388 Å². The van der Waals surface area contributed by atoms with Gasteiger partial charge in [-0.25, -0.2) is 4.79 Å². The number of likely N-dealkylation sites (N-methyl/N-ethyl adjacent to an activating group) is 1. The molecular weight excluding hydrogens is 854 g/mol. The molecule has 368 valence electrons. The van der Waals surface area contributed by atoms with E-state index in [1.165, 1.54) is 14.2 Å². The summed E-state index contributed by atoms with van der Waals surface area (Å²) in [4.78, 5) is 86.6. The number of benzene rings is 1. The predicted octanol–water partition coefficient (Wildman–Crippen LogP) is 6.52. The van der Waals surface area contributed by atoms with Crippen LogP contribution in [0, 0.1) is 23.7 Å². The third-order valence-electron chi connectivity index (χ3n) is 13.7. The van der Waals surface area contributed by atoms with Gasteiger partial charge < -0.3 is 44.1 Å². The van der Waals surface area contributed by atoms with E-state index in [4.69, 9.17) is 18.7 Å². The Kier molecular flexibility index (Phi) is 19.9. The molecule has 2 bridgehead atoms. The maximum absolute atomic E-state index is 14.6. The van der Waals surface area contributed by atoms with E-state index in [2.05, 4.69) is 10.6 Å². The number of hydrogen-bond acceptors (Lipinski definition) is 10. The zero-order chi connectivity index (χ0) is 48.4. The van der Waals surface area contributed by atoms with Gasteiger partial charge in [-0.3, -0.25) is 28.6 Å². The van der Waals surface area contributed by atoms with E-state index in [0.29, 0.717) is 38.6 Å². The van der Waals surface area contributed by atoms with Crippen molar-refractivity contribution in [2.24, 2.45) is 23.7 Å². The highest BCUT2D eigenvalue weighted by molar-refractivity contribution is 7.53. The Morgan fingerprint density at radius 3 is 2.23 bits per heavy atom. The smallest absolute Gasteiger partial charge is 0.411 e. The van der Waals surface area contributed by atoms with Gasteiger partial charge in [-0.15, -0.1) is 0 Å². The van der Waals surface area contributed by atoms with Crippen molar-refractivity contribution in [1.29, 1.82) is 0 Å². The second kappa shape index (κ2) is 23.9. The average molecular weight is 934 g/mol. The number of rotatable bonds is 23. The van der Waals surface area contributed by atoms with E-state index in [9.17, 15) is 33.4 Å². The number of carbonyl (C=O) groups excluding carboxylic acids is 5. The van der Waals surface area contributed by atoms with Gasteiger partial charge in [-0.05, 0) is 82.6 Å². The van der Waals surface area contributed by atoms with Gasteiger partial charge in [0.2, 0.25) is 23.6 Å². The first-order chi connectivity index (χ1) is 30.6. The van der Waals surface area contributed by atoms with E-state index in [1.807, 2.05) is 65.0 Å². The lowest BCUT2D eigenvalue weighted by atomic mass is 9.89. The van der Waals surface area contributed by atoms with Crippen molar-refractivity contribution in [1.82, 2.24) is 25.3 Å². The SMILES string of the molecule is CCCCOP(=O)(O)[C@H](Cc1ccccc1)NC(=O)[C@H](C)[C@@H](OC)[C@@H]1CCCN1C(=O)C[C@H](OC)[C@H]([C@@H](C)CC)N(C)C(=O)[C@@H](NC(=O)C1C2CCC(C2)N1C(=O)OC(C)(C)C)C(C)C. The fourth-order valence-corrected chi connectivity index (χ4v) is 11.3. The van der Waals surface area contributed by atoms with Crippen LogP contribution in [0.15, 0.2) is 30.3 Å². The number of nitrogens with one attached hydrogen (secondary N) is 2. The molecule has 65 heavy (non-hydrogen) atoms. The number of fused-ring (bicyclic) bond motifs is 2. The summed E-state index contributed by atoms with van der Waals surface area (Å²) in [5.74, 6) is -3.89. The Hall–Kier alpha value is -3.56. The normalized spacial score (nSPS) is 23.8. The zero-order valence-electron chi connectivity index (χ0n) is 41.1. The van der Waals surface area contributed by atoms with Crippen LogP contribution in [0.25, 0.3) is 0 Å². The van der Waals surface area contributed by atoms with Crippen LogP contribution in [0.2, 0.25) is 0 Å². The molecule has 2 heterocycles. The number of ether oxygens (including phenoxy) is 3. The lowest BCUT2D eigenvalue weighted by molar-refractivity contribution is -0.148. The lowest BCUT2D eigenvalue weighted by Crippen LogP contribution is -2.61. The summed E-state index contributed by atoms with van der Waals surface area (Å²) in [5, 5.41) is 5.85. The first-order valence-corrected chi connectivity index (χ1v) is 25.5. The van der Waals surface area contributed by atoms with Crippen LogP contribution in [0.3, 0.4) is 0 Å². The third-order valence-corrected chi connectivity index (χ3v) is 15.3. The summed E-state index contributed by atoms with van der Waals surface area (Å²) in [6, 6.07) is 6.35. The predicted molar refractivity (Wildman–Crippen MR) is 249 cm³/mol. The second-order valence-electron chi connectivity index (χ2n) is 19.8.